The van der Waals surface area contributed by atoms with E-state index < -0.39 is 18.8 Å². The zero-order chi connectivity index (χ0) is 17.6. The lowest BCUT2D eigenvalue weighted by atomic mass is 10.2. The number of hydrogen-bond donors (Lipinski definition) is 2. The van der Waals surface area contributed by atoms with Gasteiger partial charge in [0.05, 0.1) is 12.4 Å². The number of rotatable bonds is 7. The summed E-state index contributed by atoms with van der Waals surface area (Å²) >= 11 is 0. The summed E-state index contributed by atoms with van der Waals surface area (Å²) in [6.07, 6.45) is -0.00220. The zero-order valence-electron chi connectivity index (χ0n) is 12.2. The van der Waals surface area contributed by atoms with Crippen LogP contribution in [0.15, 0.2) is 30.7 Å². The monoisotopic (exact) mass is 342 g/mol. The highest BCUT2D eigenvalue weighted by Crippen LogP contribution is 2.17. The fraction of sp³-hybridized carbons (Fsp3) is 0.286. The van der Waals surface area contributed by atoms with E-state index in [1.54, 1.807) is 6.07 Å². The van der Waals surface area contributed by atoms with Gasteiger partial charge in [-0.2, -0.15) is 13.2 Å². The van der Waals surface area contributed by atoms with Crippen molar-refractivity contribution in [2.75, 3.05) is 18.5 Å². The summed E-state index contributed by atoms with van der Waals surface area (Å²) in [7, 11) is 0. The molecule has 2 N–H and O–H groups in total. The maximum absolute atomic E-state index is 12.0. The normalized spacial score (nSPS) is 11.1. The summed E-state index contributed by atoms with van der Waals surface area (Å²) in [5.41, 5.74) is 0.635. The molecule has 0 unspecified atom stereocenters. The van der Waals surface area contributed by atoms with Crippen LogP contribution in [0.2, 0.25) is 0 Å². The number of halogens is 3. The van der Waals surface area contributed by atoms with Crippen molar-refractivity contribution in [3.8, 4) is 5.88 Å². The number of ether oxygens (including phenoxy) is 1. The highest BCUT2D eigenvalue weighted by atomic mass is 19.4. The van der Waals surface area contributed by atoms with Crippen molar-refractivity contribution in [1.82, 2.24) is 15.0 Å². The molecule has 0 bridgehead atoms. The smallest absolute Gasteiger partial charge is 0.422 e. The first-order valence-corrected chi connectivity index (χ1v) is 6.77. The molecule has 0 saturated carbocycles. The largest absolute Gasteiger partial charge is 0.476 e. The van der Waals surface area contributed by atoms with Gasteiger partial charge in [0.1, 0.15) is 5.82 Å². The van der Waals surface area contributed by atoms with E-state index >= 15 is 0 Å². The number of carboxylic acids is 1. The first kappa shape index (κ1) is 17.4. The summed E-state index contributed by atoms with van der Waals surface area (Å²) in [4.78, 5) is 22.0. The van der Waals surface area contributed by atoms with Crippen molar-refractivity contribution in [1.29, 1.82) is 0 Å². The van der Waals surface area contributed by atoms with Gasteiger partial charge in [0, 0.05) is 18.8 Å². The van der Waals surface area contributed by atoms with Crippen molar-refractivity contribution in [2.24, 2.45) is 0 Å². The lowest BCUT2D eigenvalue weighted by Crippen LogP contribution is -2.19. The van der Waals surface area contributed by atoms with E-state index in [-0.39, 0.29) is 11.6 Å². The maximum Gasteiger partial charge on any atom is 0.422 e. The van der Waals surface area contributed by atoms with Gasteiger partial charge < -0.3 is 15.2 Å². The summed E-state index contributed by atoms with van der Waals surface area (Å²) in [6.45, 7) is -0.919. The van der Waals surface area contributed by atoms with Crippen molar-refractivity contribution in [2.45, 2.75) is 12.6 Å². The quantitative estimate of drug-likeness (QED) is 0.796. The standard InChI is InChI=1S/C14H13F3N4O3/c15-14(16,17)8-24-12-2-1-9(5-21-12)3-4-18-11-7-19-10(6-20-11)13(22)23/h1-2,5-7H,3-4,8H2,(H,18,20)(H,22,23). The van der Waals surface area contributed by atoms with Gasteiger partial charge in [-0.1, -0.05) is 6.07 Å². The minimum atomic E-state index is -4.40. The summed E-state index contributed by atoms with van der Waals surface area (Å²) < 4.78 is 40.6. The molecule has 10 heteroatoms. The van der Waals surface area contributed by atoms with Gasteiger partial charge in [0.25, 0.3) is 0 Å². The Hall–Kier alpha value is -2.91. The molecule has 0 atom stereocenters. The van der Waals surface area contributed by atoms with Crippen LogP contribution in [-0.2, 0) is 6.42 Å². The van der Waals surface area contributed by atoms with Crippen LogP contribution in [0, 0.1) is 0 Å². The van der Waals surface area contributed by atoms with Crippen LogP contribution in [0.3, 0.4) is 0 Å². The van der Waals surface area contributed by atoms with Crippen LogP contribution in [-0.4, -0.2) is 45.4 Å². The third kappa shape index (κ3) is 5.71. The summed E-state index contributed by atoms with van der Waals surface area (Å²) in [6, 6.07) is 2.97. The van der Waals surface area contributed by atoms with Crippen LogP contribution in [0.1, 0.15) is 16.1 Å². The molecular formula is C14H13F3N4O3. The fourth-order valence-electron chi connectivity index (χ4n) is 1.66. The van der Waals surface area contributed by atoms with Gasteiger partial charge in [-0.25, -0.2) is 19.7 Å². The van der Waals surface area contributed by atoms with Crippen molar-refractivity contribution >= 4 is 11.8 Å². The van der Waals surface area contributed by atoms with Crippen LogP contribution < -0.4 is 10.1 Å². The molecule has 7 nitrogen and oxygen atoms in total. The molecular weight excluding hydrogens is 329 g/mol. The average Bonchev–Trinajstić information content (AvgIpc) is 2.54. The number of anilines is 1. The minimum absolute atomic E-state index is 0.0980. The number of nitrogens with one attached hydrogen (secondary N) is 1. The molecule has 24 heavy (non-hydrogen) atoms. The second kappa shape index (κ2) is 7.57. The van der Waals surface area contributed by atoms with E-state index in [0.29, 0.717) is 18.8 Å². The zero-order valence-corrected chi connectivity index (χ0v) is 12.2. The lowest BCUT2D eigenvalue weighted by Gasteiger charge is -2.09. The Bertz CT molecular complexity index is 675. The topological polar surface area (TPSA) is 97.2 Å². The maximum atomic E-state index is 12.0. The average molecular weight is 342 g/mol. The number of pyridine rings is 1. The van der Waals surface area contributed by atoms with E-state index in [9.17, 15) is 18.0 Å². The highest BCUT2D eigenvalue weighted by Gasteiger charge is 2.28. The van der Waals surface area contributed by atoms with E-state index in [1.807, 2.05) is 0 Å². The summed E-state index contributed by atoms with van der Waals surface area (Å²) in [5, 5.41) is 11.6. The predicted molar refractivity (Wildman–Crippen MR) is 77.0 cm³/mol. The molecule has 0 fully saturated rings. The highest BCUT2D eigenvalue weighted by molar-refractivity contribution is 5.84. The molecule has 128 valence electrons. The van der Waals surface area contributed by atoms with Crippen LogP contribution in [0.25, 0.3) is 0 Å². The number of aromatic carboxylic acids is 1. The number of hydrogen-bond acceptors (Lipinski definition) is 6. The Kier molecular flexibility index (Phi) is 5.51. The van der Waals surface area contributed by atoms with Gasteiger partial charge in [0.15, 0.2) is 12.3 Å². The number of aromatic nitrogens is 3. The summed E-state index contributed by atoms with van der Waals surface area (Å²) in [5.74, 6) is -0.842. The SMILES string of the molecule is O=C(O)c1cnc(NCCc2ccc(OCC(F)(F)F)nc2)cn1. The van der Waals surface area contributed by atoms with E-state index in [1.165, 1.54) is 18.5 Å². The molecule has 0 radical (unpaired) electrons. The molecule has 0 aromatic carbocycles. The Labute approximate surface area is 134 Å². The van der Waals surface area contributed by atoms with Gasteiger partial charge >= 0.3 is 12.1 Å². The van der Waals surface area contributed by atoms with E-state index in [4.69, 9.17) is 5.11 Å². The lowest BCUT2D eigenvalue weighted by molar-refractivity contribution is -0.154. The van der Waals surface area contributed by atoms with Crippen molar-refractivity contribution in [3.63, 3.8) is 0 Å². The fourth-order valence-corrected chi connectivity index (χ4v) is 1.66. The van der Waals surface area contributed by atoms with Crippen LogP contribution >= 0.6 is 0 Å². The van der Waals surface area contributed by atoms with E-state index in [2.05, 4.69) is 25.0 Å². The van der Waals surface area contributed by atoms with Crippen LogP contribution in [0.4, 0.5) is 19.0 Å². The first-order chi connectivity index (χ1) is 11.3. The Morgan fingerprint density at radius 1 is 1.17 bits per heavy atom. The number of nitrogens with zero attached hydrogens (tertiary/aromatic N) is 3. The Morgan fingerprint density at radius 3 is 2.50 bits per heavy atom. The predicted octanol–water partition coefficient (Wildman–Crippen LogP) is 2.17. The molecule has 2 rings (SSSR count). The van der Waals surface area contributed by atoms with Crippen molar-refractivity contribution < 1.29 is 27.8 Å². The van der Waals surface area contributed by atoms with E-state index in [0.717, 1.165) is 11.8 Å². The second-order valence-corrected chi connectivity index (χ2v) is 4.68. The molecule has 0 amide bonds. The molecule has 2 aromatic heterocycles. The Morgan fingerprint density at radius 2 is 1.96 bits per heavy atom. The molecule has 0 aliphatic heterocycles. The van der Waals surface area contributed by atoms with Gasteiger partial charge in [0.2, 0.25) is 5.88 Å². The molecule has 2 aromatic rings. The van der Waals surface area contributed by atoms with Gasteiger partial charge in [-0.15, -0.1) is 0 Å². The molecule has 0 aliphatic carbocycles. The second-order valence-electron chi connectivity index (χ2n) is 4.68. The molecule has 0 aliphatic rings. The number of carboxylic acid groups (broad SMARTS) is 1. The molecule has 0 saturated heterocycles. The van der Waals surface area contributed by atoms with Crippen molar-refractivity contribution in [3.05, 3.63) is 42.0 Å². The molecule has 0 spiro atoms. The van der Waals surface area contributed by atoms with Crippen LogP contribution in [0.5, 0.6) is 5.88 Å². The third-order valence-electron chi connectivity index (χ3n) is 2.77. The first-order valence-electron chi connectivity index (χ1n) is 6.77. The third-order valence-corrected chi connectivity index (χ3v) is 2.77. The number of alkyl halides is 3. The number of carbonyl (C=O) groups is 1. The minimum Gasteiger partial charge on any atom is -0.476 e. The van der Waals surface area contributed by atoms with Gasteiger partial charge in [-0.05, 0) is 12.0 Å². The Balaban J connectivity index is 1.79. The van der Waals surface area contributed by atoms with Gasteiger partial charge in [-0.3, -0.25) is 0 Å². The molecule has 2 heterocycles.